The maximum atomic E-state index is 13.8. The van der Waals surface area contributed by atoms with Crippen LogP contribution in [-0.4, -0.2) is 36.4 Å². The number of fused-ring (bicyclic) bond motifs is 1. The van der Waals surface area contributed by atoms with Crippen molar-refractivity contribution in [2.24, 2.45) is 0 Å². The van der Waals surface area contributed by atoms with E-state index in [1.54, 1.807) is 50.0 Å². The smallest absolute Gasteiger partial charge is 0.247 e. The normalized spacial score (nSPS) is 11.8. The molecular formula is C26H24ClFN6O2. The Morgan fingerprint density at radius 3 is 2.58 bits per heavy atom. The number of methoxy groups -OCH3 is 1. The second-order valence-electron chi connectivity index (χ2n) is 8.92. The van der Waals surface area contributed by atoms with Crippen molar-refractivity contribution < 1.29 is 14.2 Å². The number of nitrogens with zero attached hydrogens (tertiary/aromatic N) is 5. The molecule has 3 heterocycles. The van der Waals surface area contributed by atoms with Crippen molar-refractivity contribution in [1.82, 2.24) is 24.1 Å². The Morgan fingerprint density at radius 1 is 1.11 bits per heavy atom. The van der Waals surface area contributed by atoms with Crippen LogP contribution in [0.3, 0.4) is 0 Å². The molecule has 2 aromatic carbocycles. The highest BCUT2D eigenvalue weighted by atomic mass is 35.5. The quantitative estimate of drug-likeness (QED) is 0.309. The number of aromatic nitrogens is 5. The van der Waals surface area contributed by atoms with Gasteiger partial charge in [-0.3, -0.25) is 0 Å². The van der Waals surface area contributed by atoms with Crippen LogP contribution >= 0.6 is 11.6 Å². The number of aryl methyl sites for hydroxylation is 1. The number of imidazole rings is 1. The lowest BCUT2D eigenvalue weighted by Crippen LogP contribution is -2.20. The molecule has 0 aliphatic rings. The molecule has 0 amide bonds. The summed E-state index contributed by atoms with van der Waals surface area (Å²) >= 11 is 6.03. The summed E-state index contributed by atoms with van der Waals surface area (Å²) in [6.45, 7) is 5.27. The van der Waals surface area contributed by atoms with Gasteiger partial charge in [0, 0.05) is 23.5 Å². The number of hydrogen-bond donors (Lipinski definition) is 2. The molecule has 0 aliphatic carbocycles. The van der Waals surface area contributed by atoms with Crippen LogP contribution in [-0.2, 0) is 5.60 Å². The maximum absolute atomic E-state index is 13.8. The van der Waals surface area contributed by atoms with Gasteiger partial charge < -0.3 is 19.7 Å². The molecule has 5 rings (SSSR count). The van der Waals surface area contributed by atoms with Crippen molar-refractivity contribution in [3.8, 4) is 22.6 Å². The molecule has 0 atom stereocenters. The van der Waals surface area contributed by atoms with Gasteiger partial charge in [-0.05, 0) is 62.7 Å². The lowest BCUT2D eigenvalue weighted by molar-refractivity contribution is 0.0715. The van der Waals surface area contributed by atoms with Crippen molar-refractivity contribution in [2.45, 2.75) is 26.4 Å². The van der Waals surface area contributed by atoms with Crippen LogP contribution in [0.1, 0.15) is 25.2 Å². The molecule has 3 aromatic heterocycles. The van der Waals surface area contributed by atoms with E-state index in [0.29, 0.717) is 39.9 Å². The summed E-state index contributed by atoms with van der Waals surface area (Å²) in [4.78, 5) is 8.96. The molecule has 0 unspecified atom stereocenters. The van der Waals surface area contributed by atoms with Gasteiger partial charge in [-0.15, -0.1) is 5.10 Å². The van der Waals surface area contributed by atoms with Gasteiger partial charge in [-0.2, -0.15) is 4.98 Å². The largest absolute Gasteiger partial charge is 0.494 e. The number of hydrogen-bond acceptors (Lipinski definition) is 6. The average molecular weight is 507 g/mol. The van der Waals surface area contributed by atoms with E-state index < -0.39 is 11.4 Å². The van der Waals surface area contributed by atoms with E-state index in [1.807, 2.05) is 42.0 Å². The molecule has 8 nitrogen and oxygen atoms in total. The van der Waals surface area contributed by atoms with E-state index in [-0.39, 0.29) is 5.02 Å². The van der Waals surface area contributed by atoms with E-state index in [1.165, 1.54) is 6.07 Å². The Kier molecular flexibility index (Phi) is 5.89. The van der Waals surface area contributed by atoms with Crippen LogP contribution in [0.4, 0.5) is 16.0 Å². The third kappa shape index (κ3) is 4.38. The second-order valence-corrected chi connectivity index (χ2v) is 9.33. The summed E-state index contributed by atoms with van der Waals surface area (Å²) in [6, 6.07) is 13.7. The minimum Gasteiger partial charge on any atom is -0.494 e. The van der Waals surface area contributed by atoms with E-state index >= 15 is 0 Å². The molecule has 36 heavy (non-hydrogen) atoms. The third-order valence-corrected chi connectivity index (χ3v) is 6.06. The van der Waals surface area contributed by atoms with Crippen molar-refractivity contribution >= 4 is 28.9 Å². The van der Waals surface area contributed by atoms with E-state index in [2.05, 4.69) is 20.4 Å². The molecule has 2 N–H and O–H groups in total. The Labute approximate surface area is 212 Å². The highest BCUT2D eigenvalue weighted by Crippen LogP contribution is 2.33. The molecule has 10 heteroatoms. The number of aliphatic hydroxyl groups is 1. The predicted molar refractivity (Wildman–Crippen MR) is 137 cm³/mol. The van der Waals surface area contributed by atoms with Crippen molar-refractivity contribution in [3.05, 3.63) is 83.3 Å². The van der Waals surface area contributed by atoms with Crippen molar-refractivity contribution in [2.75, 3.05) is 12.4 Å². The van der Waals surface area contributed by atoms with Gasteiger partial charge in [-0.25, -0.2) is 13.9 Å². The fraction of sp³-hybridized carbons (Fsp3) is 0.192. The molecule has 0 saturated heterocycles. The number of benzene rings is 2. The number of anilines is 2. The lowest BCUT2D eigenvalue weighted by Gasteiger charge is -2.19. The maximum Gasteiger partial charge on any atom is 0.247 e. The zero-order valence-corrected chi connectivity index (χ0v) is 20.9. The highest BCUT2D eigenvalue weighted by molar-refractivity contribution is 6.31. The minimum absolute atomic E-state index is 0.00958. The first-order chi connectivity index (χ1) is 17.1. The summed E-state index contributed by atoms with van der Waals surface area (Å²) in [5, 5.41) is 18.6. The SMILES string of the molecule is COc1cc(Nc2nc3c(-c4ccc(F)c(Cl)c4)ccc(C(C)(C)O)n3n2)ccc1-n1cnc(C)c1. The van der Waals surface area contributed by atoms with Crippen LogP contribution in [0.2, 0.25) is 5.02 Å². The van der Waals surface area contributed by atoms with E-state index in [4.69, 9.17) is 16.3 Å². The average Bonchev–Trinajstić information content (AvgIpc) is 3.45. The zero-order valence-electron chi connectivity index (χ0n) is 20.1. The predicted octanol–water partition coefficient (Wildman–Crippen LogP) is 5.66. The van der Waals surface area contributed by atoms with E-state index in [9.17, 15) is 9.50 Å². The first-order valence-electron chi connectivity index (χ1n) is 11.2. The number of halogens is 2. The Hall–Kier alpha value is -3.95. The van der Waals surface area contributed by atoms with Crippen molar-refractivity contribution in [1.29, 1.82) is 0 Å². The fourth-order valence-electron chi connectivity index (χ4n) is 4.02. The molecule has 0 saturated carbocycles. The molecular weight excluding hydrogens is 483 g/mol. The topological polar surface area (TPSA) is 89.5 Å². The zero-order chi connectivity index (χ0) is 25.6. The van der Waals surface area contributed by atoms with Crippen molar-refractivity contribution in [3.63, 3.8) is 0 Å². The number of rotatable bonds is 6. The molecule has 0 spiro atoms. The first-order valence-corrected chi connectivity index (χ1v) is 11.6. The van der Waals surface area contributed by atoms with Crippen LogP contribution in [0, 0.1) is 12.7 Å². The first kappa shape index (κ1) is 23.8. The highest BCUT2D eigenvalue weighted by Gasteiger charge is 2.23. The van der Waals surface area contributed by atoms with Gasteiger partial charge in [0.1, 0.15) is 17.2 Å². The van der Waals surface area contributed by atoms with Gasteiger partial charge in [0.25, 0.3) is 0 Å². The summed E-state index contributed by atoms with van der Waals surface area (Å²) in [6.07, 6.45) is 3.64. The summed E-state index contributed by atoms with van der Waals surface area (Å²) in [7, 11) is 1.60. The van der Waals surface area contributed by atoms with Crippen LogP contribution in [0.5, 0.6) is 5.75 Å². The van der Waals surface area contributed by atoms with Gasteiger partial charge >= 0.3 is 0 Å². The van der Waals surface area contributed by atoms with Crippen LogP contribution < -0.4 is 10.1 Å². The molecule has 0 fully saturated rings. The molecule has 5 aromatic rings. The third-order valence-electron chi connectivity index (χ3n) is 5.77. The fourth-order valence-corrected chi connectivity index (χ4v) is 4.20. The monoisotopic (exact) mass is 506 g/mol. The Bertz CT molecular complexity index is 1590. The minimum atomic E-state index is -1.18. The standard InChI is InChI=1S/C26H24ClFN6O2/c1-15-13-33(14-29-15)21-9-6-17(12-22(21)36-4)30-25-31-24-18(16-5-8-20(28)19(27)11-16)7-10-23(26(2,3)35)34(24)32-25/h5-14,35H,1-4H3,(H,30,32). The van der Waals surface area contributed by atoms with Crippen LogP contribution in [0.15, 0.2) is 61.1 Å². The summed E-state index contributed by atoms with van der Waals surface area (Å²) < 4.78 is 22.8. The molecule has 0 bridgehead atoms. The van der Waals surface area contributed by atoms with Crippen LogP contribution in [0.25, 0.3) is 22.5 Å². The number of nitrogens with one attached hydrogen (secondary N) is 1. The van der Waals surface area contributed by atoms with Gasteiger partial charge in [0.05, 0.1) is 35.5 Å². The van der Waals surface area contributed by atoms with E-state index in [0.717, 1.165) is 11.4 Å². The summed E-state index contributed by atoms with van der Waals surface area (Å²) in [5.41, 5.74) is 3.65. The van der Waals surface area contributed by atoms with Gasteiger partial charge in [-0.1, -0.05) is 17.7 Å². The Balaban J connectivity index is 1.58. The number of ether oxygens (including phenoxy) is 1. The summed E-state index contributed by atoms with van der Waals surface area (Å²) in [5.74, 6) is 0.450. The second kappa shape index (κ2) is 8.92. The Morgan fingerprint density at radius 2 is 1.92 bits per heavy atom. The van der Waals surface area contributed by atoms with Gasteiger partial charge in [0.15, 0.2) is 5.65 Å². The lowest BCUT2D eigenvalue weighted by atomic mass is 10.0. The molecule has 0 radical (unpaired) electrons. The number of pyridine rings is 1. The molecule has 184 valence electrons. The molecule has 0 aliphatic heterocycles. The van der Waals surface area contributed by atoms with Gasteiger partial charge in [0.2, 0.25) is 5.95 Å².